The number of fused-ring (bicyclic) bond motifs is 2. The third-order valence-electron chi connectivity index (χ3n) is 5.71. The van der Waals surface area contributed by atoms with Crippen LogP contribution in [0.25, 0.3) is 50.7 Å². The summed E-state index contributed by atoms with van der Waals surface area (Å²) in [6.07, 6.45) is 6.76. The summed E-state index contributed by atoms with van der Waals surface area (Å²) >= 11 is 0. The number of carbonyl (C=O) groups is 1. The number of rotatable bonds is 5. The molecule has 0 aliphatic heterocycles. The molecule has 5 rings (SSSR count). The zero-order valence-electron chi connectivity index (χ0n) is 18.7. The molecular formula is C26H23N5O2. The van der Waals surface area contributed by atoms with E-state index in [2.05, 4.69) is 28.2 Å². The summed E-state index contributed by atoms with van der Waals surface area (Å²) in [6.45, 7) is 4.15. The minimum atomic E-state index is -0.366. The van der Waals surface area contributed by atoms with E-state index >= 15 is 0 Å². The number of esters is 1. The molecule has 33 heavy (non-hydrogen) atoms. The first kappa shape index (κ1) is 20.6. The van der Waals surface area contributed by atoms with E-state index in [9.17, 15) is 4.79 Å². The predicted molar refractivity (Wildman–Crippen MR) is 129 cm³/mol. The number of aromatic nitrogens is 5. The molecule has 7 nitrogen and oxygen atoms in total. The predicted octanol–water partition coefficient (Wildman–Crippen LogP) is 5.06. The molecule has 164 valence electrons. The lowest BCUT2D eigenvalue weighted by atomic mass is 9.97. The maximum absolute atomic E-state index is 11.7. The van der Waals surface area contributed by atoms with Crippen molar-refractivity contribution in [2.45, 2.75) is 13.8 Å². The molecule has 3 aromatic heterocycles. The number of para-hydroxylation sites is 2. The van der Waals surface area contributed by atoms with Crippen LogP contribution in [0, 0.1) is 6.92 Å². The SMILES string of the molecule is CCOC(=O)/C=C/c1cncc(-c2ccc3c(c2)c(-c2nc4ccccc4[nH]2)nn3C)c1C. The van der Waals surface area contributed by atoms with Crippen molar-refractivity contribution in [1.82, 2.24) is 24.7 Å². The second kappa shape index (κ2) is 8.35. The lowest BCUT2D eigenvalue weighted by Gasteiger charge is -2.09. The van der Waals surface area contributed by atoms with Gasteiger partial charge in [-0.15, -0.1) is 0 Å². The highest BCUT2D eigenvalue weighted by atomic mass is 16.5. The normalized spacial score (nSPS) is 11.6. The molecule has 0 fully saturated rings. The van der Waals surface area contributed by atoms with Crippen LogP contribution in [0.2, 0.25) is 0 Å². The van der Waals surface area contributed by atoms with Crippen LogP contribution < -0.4 is 0 Å². The van der Waals surface area contributed by atoms with Gasteiger partial charge in [0.2, 0.25) is 0 Å². The zero-order chi connectivity index (χ0) is 22.9. The van der Waals surface area contributed by atoms with Crippen molar-refractivity contribution in [2.75, 3.05) is 6.61 Å². The van der Waals surface area contributed by atoms with E-state index in [4.69, 9.17) is 14.8 Å². The molecule has 0 unspecified atom stereocenters. The second-order valence-electron chi connectivity index (χ2n) is 7.79. The first-order valence-electron chi connectivity index (χ1n) is 10.8. The lowest BCUT2D eigenvalue weighted by molar-refractivity contribution is -0.137. The van der Waals surface area contributed by atoms with Crippen molar-refractivity contribution in [2.24, 2.45) is 7.05 Å². The van der Waals surface area contributed by atoms with Gasteiger partial charge in [0.15, 0.2) is 5.82 Å². The molecule has 0 bridgehead atoms. The molecule has 0 saturated carbocycles. The molecule has 2 aromatic carbocycles. The molecule has 0 aliphatic rings. The molecule has 0 aliphatic carbocycles. The number of ether oxygens (including phenoxy) is 1. The molecule has 0 spiro atoms. The monoisotopic (exact) mass is 437 g/mol. The fourth-order valence-electron chi connectivity index (χ4n) is 4.02. The van der Waals surface area contributed by atoms with E-state index in [-0.39, 0.29) is 5.97 Å². The number of nitrogens with one attached hydrogen (secondary N) is 1. The molecule has 7 heteroatoms. The third-order valence-corrected chi connectivity index (χ3v) is 5.71. The van der Waals surface area contributed by atoms with Gasteiger partial charge in [0, 0.05) is 36.5 Å². The molecule has 0 saturated heterocycles. The molecule has 0 atom stereocenters. The number of imidazole rings is 1. The Morgan fingerprint density at radius 3 is 2.85 bits per heavy atom. The van der Waals surface area contributed by atoms with Crippen molar-refractivity contribution in [3.8, 4) is 22.6 Å². The van der Waals surface area contributed by atoms with Gasteiger partial charge in [-0.2, -0.15) is 5.10 Å². The summed E-state index contributed by atoms with van der Waals surface area (Å²) in [5.41, 5.74) is 7.59. The number of carbonyl (C=O) groups excluding carboxylic acids is 1. The van der Waals surface area contributed by atoms with Crippen LogP contribution in [0.15, 0.2) is 60.9 Å². The minimum absolute atomic E-state index is 0.346. The summed E-state index contributed by atoms with van der Waals surface area (Å²) in [5.74, 6) is 0.370. The Bertz CT molecular complexity index is 1490. The van der Waals surface area contributed by atoms with Crippen molar-refractivity contribution < 1.29 is 9.53 Å². The standard InChI is InChI=1S/C26H23N5O2/c1-4-33-24(32)12-10-18-14-27-15-20(16(18)2)17-9-11-23-19(13-17)25(30-31(23)3)26-28-21-7-5-6-8-22(21)29-26/h5-15H,4H2,1-3H3,(H,28,29)/b12-10+. The average Bonchev–Trinajstić information content (AvgIpc) is 3.39. The highest BCUT2D eigenvalue weighted by Gasteiger charge is 2.16. The number of aryl methyl sites for hydroxylation is 1. The molecule has 0 amide bonds. The molecule has 0 radical (unpaired) electrons. The number of nitrogens with zero attached hydrogens (tertiary/aromatic N) is 4. The summed E-state index contributed by atoms with van der Waals surface area (Å²) in [5, 5.41) is 5.74. The number of pyridine rings is 1. The van der Waals surface area contributed by atoms with Gasteiger partial charge in [-0.3, -0.25) is 9.67 Å². The fraction of sp³-hybridized carbons (Fsp3) is 0.154. The van der Waals surface area contributed by atoms with Crippen LogP contribution in [0.5, 0.6) is 0 Å². The quantitative estimate of drug-likeness (QED) is 0.307. The lowest BCUT2D eigenvalue weighted by Crippen LogP contribution is -1.99. The van der Waals surface area contributed by atoms with Crippen molar-refractivity contribution in [3.05, 3.63) is 72.1 Å². The van der Waals surface area contributed by atoms with Gasteiger partial charge in [-0.1, -0.05) is 18.2 Å². The van der Waals surface area contributed by atoms with Gasteiger partial charge in [0.05, 0.1) is 23.2 Å². The number of hydrogen-bond donors (Lipinski definition) is 1. The fourth-order valence-corrected chi connectivity index (χ4v) is 4.02. The number of H-pyrrole nitrogens is 1. The van der Waals surface area contributed by atoms with Crippen LogP contribution in [-0.4, -0.2) is 37.3 Å². The van der Waals surface area contributed by atoms with Gasteiger partial charge in [-0.25, -0.2) is 9.78 Å². The van der Waals surface area contributed by atoms with Crippen molar-refractivity contribution in [3.63, 3.8) is 0 Å². The third kappa shape index (κ3) is 3.78. The largest absolute Gasteiger partial charge is 0.463 e. The molecule has 1 N–H and O–H groups in total. The molecule has 5 aromatic rings. The van der Waals surface area contributed by atoms with Gasteiger partial charge >= 0.3 is 5.97 Å². The Labute approximate surface area is 190 Å². The van der Waals surface area contributed by atoms with Gasteiger partial charge in [-0.05, 0) is 60.9 Å². The van der Waals surface area contributed by atoms with Gasteiger partial charge in [0.1, 0.15) is 5.69 Å². The number of hydrogen-bond acceptors (Lipinski definition) is 5. The van der Waals surface area contributed by atoms with Gasteiger partial charge < -0.3 is 9.72 Å². The minimum Gasteiger partial charge on any atom is -0.463 e. The first-order chi connectivity index (χ1) is 16.0. The van der Waals surface area contributed by atoms with Crippen LogP contribution in [0.1, 0.15) is 18.1 Å². The van der Waals surface area contributed by atoms with E-state index in [0.29, 0.717) is 6.61 Å². The zero-order valence-corrected chi connectivity index (χ0v) is 18.7. The number of aromatic amines is 1. The Morgan fingerprint density at radius 2 is 2.03 bits per heavy atom. The Balaban J connectivity index is 1.60. The topological polar surface area (TPSA) is 85.7 Å². The maximum atomic E-state index is 11.7. The summed E-state index contributed by atoms with van der Waals surface area (Å²) < 4.78 is 6.85. The second-order valence-corrected chi connectivity index (χ2v) is 7.79. The molecule has 3 heterocycles. The number of benzene rings is 2. The van der Waals surface area contributed by atoms with E-state index in [1.165, 1.54) is 6.08 Å². The van der Waals surface area contributed by atoms with Crippen LogP contribution >= 0.6 is 0 Å². The van der Waals surface area contributed by atoms with Crippen molar-refractivity contribution >= 4 is 34.0 Å². The highest BCUT2D eigenvalue weighted by Crippen LogP contribution is 2.33. The molecular weight excluding hydrogens is 414 g/mol. The van der Waals surface area contributed by atoms with Crippen LogP contribution in [-0.2, 0) is 16.6 Å². The Morgan fingerprint density at radius 1 is 1.18 bits per heavy atom. The highest BCUT2D eigenvalue weighted by molar-refractivity contribution is 5.96. The van der Waals surface area contributed by atoms with Crippen LogP contribution in [0.3, 0.4) is 0 Å². The van der Waals surface area contributed by atoms with E-state index in [1.807, 2.05) is 49.1 Å². The van der Waals surface area contributed by atoms with Crippen LogP contribution in [0.4, 0.5) is 0 Å². The average molecular weight is 438 g/mol. The smallest absolute Gasteiger partial charge is 0.330 e. The summed E-state index contributed by atoms with van der Waals surface area (Å²) in [4.78, 5) is 24.2. The van der Waals surface area contributed by atoms with Gasteiger partial charge in [0.25, 0.3) is 0 Å². The van der Waals surface area contributed by atoms with Crippen molar-refractivity contribution in [1.29, 1.82) is 0 Å². The Hall–Kier alpha value is -4.26. The maximum Gasteiger partial charge on any atom is 0.330 e. The Kier molecular flexibility index (Phi) is 5.22. The summed E-state index contributed by atoms with van der Waals surface area (Å²) in [6, 6.07) is 14.2. The van der Waals surface area contributed by atoms with E-state index in [1.54, 1.807) is 19.2 Å². The van der Waals surface area contributed by atoms with E-state index in [0.717, 1.165) is 55.7 Å². The summed E-state index contributed by atoms with van der Waals surface area (Å²) in [7, 11) is 1.93. The van der Waals surface area contributed by atoms with E-state index < -0.39 is 0 Å². The first-order valence-corrected chi connectivity index (χ1v) is 10.8.